The predicted molar refractivity (Wildman–Crippen MR) is 77.1 cm³/mol. The molecule has 7 nitrogen and oxygen atoms in total. The third kappa shape index (κ3) is 1.90. The topological polar surface area (TPSA) is 102 Å². The van der Waals surface area contributed by atoms with Crippen molar-refractivity contribution < 1.29 is 0 Å². The minimum Gasteiger partial charge on any atom is -0.368 e. The van der Waals surface area contributed by atoms with Crippen LogP contribution in [0.4, 0.5) is 5.95 Å². The minimum absolute atomic E-state index is 0.168. The van der Waals surface area contributed by atoms with Gasteiger partial charge in [0.25, 0.3) is 0 Å². The quantitative estimate of drug-likeness (QED) is 0.713. The molecule has 1 saturated carbocycles. The Hall–Kier alpha value is -1.87. The van der Waals surface area contributed by atoms with E-state index in [2.05, 4.69) is 20.2 Å². The molecule has 1 fully saturated rings. The highest BCUT2D eigenvalue weighted by Crippen LogP contribution is 2.39. The van der Waals surface area contributed by atoms with Crippen LogP contribution in [-0.4, -0.2) is 24.7 Å². The summed E-state index contributed by atoms with van der Waals surface area (Å²) in [5, 5.41) is 10.8. The van der Waals surface area contributed by atoms with Crippen LogP contribution in [0.5, 0.6) is 0 Å². The number of fused-ring (bicyclic) bond motifs is 1. The molecule has 0 atom stereocenters. The number of nitrogens with zero attached hydrogens (tertiary/aromatic N) is 4. The van der Waals surface area contributed by atoms with Crippen LogP contribution in [0.3, 0.4) is 0 Å². The number of hydrogen-bond acceptors (Lipinski definition) is 7. The third-order valence-electron chi connectivity index (χ3n) is 3.08. The van der Waals surface area contributed by atoms with Gasteiger partial charge in [0.15, 0.2) is 5.16 Å². The van der Waals surface area contributed by atoms with Crippen LogP contribution in [-0.2, 0) is 0 Å². The van der Waals surface area contributed by atoms with E-state index >= 15 is 0 Å². The van der Waals surface area contributed by atoms with E-state index in [0.29, 0.717) is 5.16 Å². The summed E-state index contributed by atoms with van der Waals surface area (Å²) >= 11 is 2.86. The lowest BCUT2D eigenvalue weighted by atomic mass is 10.4. The van der Waals surface area contributed by atoms with Crippen LogP contribution in [0.1, 0.15) is 18.9 Å². The highest BCUT2D eigenvalue weighted by Gasteiger charge is 2.29. The maximum atomic E-state index is 11.8. The molecule has 0 amide bonds. The van der Waals surface area contributed by atoms with E-state index in [-0.39, 0.29) is 17.7 Å². The number of aromatic nitrogens is 5. The first-order valence-electron chi connectivity index (χ1n) is 6.08. The van der Waals surface area contributed by atoms with Crippen LogP contribution in [0.15, 0.2) is 26.4 Å². The lowest BCUT2D eigenvalue weighted by Gasteiger charge is -2.04. The second-order valence-electron chi connectivity index (χ2n) is 4.54. The lowest BCUT2D eigenvalue weighted by molar-refractivity contribution is 0.642. The molecule has 1 aliphatic rings. The fourth-order valence-electron chi connectivity index (χ4n) is 2.03. The van der Waals surface area contributed by atoms with E-state index in [1.54, 1.807) is 4.57 Å². The van der Waals surface area contributed by atoms with Crippen LogP contribution < -0.4 is 11.4 Å². The first kappa shape index (κ1) is 11.9. The standard InChI is InChI=1S/C11H10N6OS2/c12-9-13-7-6(3-4-19-7)8(14-9)20-11-16-15-10(18)17(11)5-1-2-5/h3-5H,1-2H2,(H,15,18)(H2,12,13,14). The van der Waals surface area contributed by atoms with Crippen molar-refractivity contribution in [3.05, 3.63) is 21.9 Å². The molecule has 102 valence electrons. The monoisotopic (exact) mass is 306 g/mol. The number of nitrogens with two attached hydrogens (primary N) is 1. The van der Waals surface area contributed by atoms with Gasteiger partial charge in [-0.1, -0.05) is 0 Å². The van der Waals surface area contributed by atoms with Gasteiger partial charge in [0.05, 0.1) is 0 Å². The molecule has 3 heterocycles. The van der Waals surface area contributed by atoms with E-state index in [0.717, 1.165) is 28.1 Å². The summed E-state index contributed by atoms with van der Waals surface area (Å²) in [7, 11) is 0. The summed E-state index contributed by atoms with van der Waals surface area (Å²) < 4.78 is 1.70. The number of nitrogens with one attached hydrogen (secondary N) is 1. The van der Waals surface area contributed by atoms with E-state index in [1.165, 1.54) is 23.1 Å². The Kier molecular flexibility index (Phi) is 2.57. The Balaban J connectivity index is 1.81. The highest BCUT2D eigenvalue weighted by molar-refractivity contribution is 7.99. The zero-order chi connectivity index (χ0) is 13.7. The first-order valence-corrected chi connectivity index (χ1v) is 7.77. The summed E-state index contributed by atoms with van der Waals surface area (Å²) in [6.45, 7) is 0. The smallest absolute Gasteiger partial charge is 0.344 e. The van der Waals surface area contributed by atoms with Crippen LogP contribution in [0.2, 0.25) is 0 Å². The Morgan fingerprint density at radius 2 is 2.30 bits per heavy atom. The van der Waals surface area contributed by atoms with Gasteiger partial charge in [-0.05, 0) is 36.0 Å². The van der Waals surface area contributed by atoms with E-state index in [4.69, 9.17) is 5.73 Å². The van der Waals surface area contributed by atoms with E-state index in [1.807, 2.05) is 11.4 Å². The number of H-pyrrole nitrogens is 1. The fourth-order valence-corrected chi connectivity index (χ4v) is 3.87. The molecule has 3 aromatic heterocycles. The number of anilines is 1. The van der Waals surface area contributed by atoms with Crippen molar-refractivity contribution in [1.82, 2.24) is 24.7 Å². The number of hydrogen-bond donors (Lipinski definition) is 2. The van der Waals surface area contributed by atoms with Gasteiger partial charge in [0.2, 0.25) is 5.95 Å². The molecule has 0 spiro atoms. The third-order valence-corrected chi connectivity index (χ3v) is 4.86. The average molecular weight is 306 g/mol. The maximum absolute atomic E-state index is 11.8. The van der Waals surface area contributed by atoms with Crippen molar-refractivity contribution in [2.24, 2.45) is 0 Å². The van der Waals surface area contributed by atoms with Crippen LogP contribution in [0, 0.1) is 0 Å². The maximum Gasteiger partial charge on any atom is 0.344 e. The largest absolute Gasteiger partial charge is 0.368 e. The summed E-state index contributed by atoms with van der Waals surface area (Å²) in [4.78, 5) is 21.1. The van der Waals surface area contributed by atoms with Gasteiger partial charge in [-0.2, -0.15) is 0 Å². The van der Waals surface area contributed by atoms with Crippen LogP contribution >= 0.6 is 23.1 Å². The minimum atomic E-state index is -0.168. The molecule has 0 radical (unpaired) electrons. The molecule has 0 saturated heterocycles. The summed E-state index contributed by atoms with van der Waals surface area (Å²) in [6.07, 6.45) is 2.04. The van der Waals surface area contributed by atoms with Crippen LogP contribution in [0.25, 0.3) is 10.2 Å². The Bertz CT molecular complexity index is 846. The SMILES string of the molecule is Nc1nc(Sc2n[nH]c(=O)n2C2CC2)c2ccsc2n1. The fraction of sp³-hybridized carbons (Fsp3) is 0.273. The molecule has 20 heavy (non-hydrogen) atoms. The summed E-state index contributed by atoms with van der Waals surface area (Å²) in [5.41, 5.74) is 5.56. The van der Waals surface area contributed by atoms with Gasteiger partial charge < -0.3 is 5.73 Å². The second kappa shape index (κ2) is 4.32. The number of thiophene rings is 1. The highest BCUT2D eigenvalue weighted by atomic mass is 32.2. The van der Waals surface area contributed by atoms with E-state index < -0.39 is 0 Å². The number of aromatic amines is 1. The molecule has 9 heteroatoms. The van der Waals surface area contributed by atoms with Crippen molar-refractivity contribution in [3.63, 3.8) is 0 Å². The molecule has 3 N–H and O–H groups in total. The molecular weight excluding hydrogens is 296 g/mol. The number of rotatable bonds is 3. The summed E-state index contributed by atoms with van der Waals surface area (Å²) in [6, 6.07) is 2.22. The van der Waals surface area contributed by atoms with Gasteiger partial charge in [0.1, 0.15) is 9.86 Å². The predicted octanol–water partition coefficient (Wildman–Crippen LogP) is 1.64. The molecule has 1 aliphatic carbocycles. The molecule has 3 aromatic rings. The summed E-state index contributed by atoms with van der Waals surface area (Å²) in [5.74, 6) is 0.235. The molecule has 4 rings (SSSR count). The molecule has 0 aromatic carbocycles. The van der Waals surface area contributed by atoms with Crippen molar-refractivity contribution in [1.29, 1.82) is 0 Å². The normalized spacial score (nSPS) is 15.0. The Labute approximate surface area is 121 Å². The Morgan fingerprint density at radius 3 is 3.10 bits per heavy atom. The molecule has 0 aliphatic heterocycles. The zero-order valence-electron chi connectivity index (χ0n) is 10.2. The van der Waals surface area contributed by atoms with Gasteiger partial charge in [-0.3, -0.25) is 4.57 Å². The van der Waals surface area contributed by atoms with Gasteiger partial charge in [0, 0.05) is 11.4 Å². The van der Waals surface area contributed by atoms with Crippen molar-refractivity contribution in [2.75, 3.05) is 5.73 Å². The Morgan fingerprint density at radius 1 is 1.45 bits per heavy atom. The second-order valence-corrected chi connectivity index (χ2v) is 6.39. The van der Waals surface area contributed by atoms with Gasteiger partial charge in [-0.15, -0.1) is 16.4 Å². The first-order chi connectivity index (χ1) is 9.72. The molecular formula is C11H10N6OS2. The van der Waals surface area contributed by atoms with Crippen molar-refractivity contribution in [2.45, 2.75) is 29.1 Å². The van der Waals surface area contributed by atoms with Gasteiger partial charge >= 0.3 is 5.69 Å². The average Bonchev–Trinajstić information content (AvgIpc) is 3.01. The lowest BCUT2D eigenvalue weighted by Crippen LogP contribution is -2.16. The van der Waals surface area contributed by atoms with Crippen molar-refractivity contribution >= 4 is 39.3 Å². The molecule has 0 unspecified atom stereocenters. The zero-order valence-corrected chi connectivity index (χ0v) is 11.9. The van der Waals surface area contributed by atoms with Gasteiger partial charge in [-0.25, -0.2) is 19.9 Å². The van der Waals surface area contributed by atoms with E-state index in [9.17, 15) is 4.79 Å². The molecule has 0 bridgehead atoms. The van der Waals surface area contributed by atoms with Crippen molar-refractivity contribution in [3.8, 4) is 0 Å². The number of nitrogen functional groups attached to an aromatic ring is 1.